The Labute approximate surface area is 201 Å². The summed E-state index contributed by atoms with van der Waals surface area (Å²) in [7, 11) is 0. The number of aromatic nitrogens is 1. The number of rotatable bonds is 11. The third-order valence-electron chi connectivity index (χ3n) is 4.15. The molecule has 174 valence electrons. The van der Waals surface area contributed by atoms with E-state index in [9.17, 15) is 4.79 Å². The standard InChI is InChI=1S/C23H25ClN4O4S/c1-4-30-17-12-15(13-18(31-5-2)20(17)32-6-3)22(29)28-25-14-19-21(24)27-23(33-19)26-16-10-8-7-9-11-16/h7-14H,4-6H2,1-3H3,(H,26,27)(H,28,29). The van der Waals surface area contributed by atoms with Crippen molar-refractivity contribution < 1.29 is 19.0 Å². The molecule has 0 fully saturated rings. The zero-order chi connectivity index (χ0) is 23.6. The van der Waals surface area contributed by atoms with Gasteiger partial charge in [-0.3, -0.25) is 4.79 Å². The quantitative estimate of drug-likeness (QED) is 0.273. The van der Waals surface area contributed by atoms with Crippen molar-refractivity contribution in [1.29, 1.82) is 0 Å². The van der Waals surface area contributed by atoms with Crippen LogP contribution in [0, 0.1) is 0 Å². The van der Waals surface area contributed by atoms with Gasteiger partial charge in [0.2, 0.25) is 5.75 Å². The van der Waals surface area contributed by atoms with Crippen LogP contribution in [-0.2, 0) is 0 Å². The zero-order valence-corrected chi connectivity index (χ0v) is 20.1. The Kier molecular flexibility index (Phi) is 8.91. The number of nitrogens with zero attached hydrogens (tertiary/aromatic N) is 2. The highest BCUT2D eigenvalue weighted by Gasteiger charge is 2.18. The molecule has 0 atom stereocenters. The monoisotopic (exact) mass is 488 g/mol. The third kappa shape index (κ3) is 6.59. The average molecular weight is 489 g/mol. The molecule has 2 aromatic carbocycles. The summed E-state index contributed by atoms with van der Waals surface area (Å²) in [6.07, 6.45) is 1.45. The first-order valence-electron chi connectivity index (χ1n) is 10.4. The number of hydrogen-bond donors (Lipinski definition) is 2. The summed E-state index contributed by atoms with van der Waals surface area (Å²) in [4.78, 5) is 17.6. The van der Waals surface area contributed by atoms with E-state index in [0.29, 0.717) is 52.6 Å². The van der Waals surface area contributed by atoms with E-state index in [-0.39, 0.29) is 5.15 Å². The predicted octanol–water partition coefficient (Wildman–Crippen LogP) is 5.50. The van der Waals surface area contributed by atoms with Crippen molar-refractivity contribution in [3.8, 4) is 17.2 Å². The summed E-state index contributed by atoms with van der Waals surface area (Å²) in [6, 6.07) is 12.8. The lowest BCUT2D eigenvalue weighted by molar-refractivity contribution is 0.0954. The van der Waals surface area contributed by atoms with E-state index >= 15 is 0 Å². The van der Waals surface area contributed by atoms with Crippen LogP contribution in [0.15, 0.2) is 47.6 Å². The Morgan fingerprint density at radius 1 is 1.06 bits per heavy atom. The zero-order valence-electron chi connectivity index (χ0n) is 18.6. The highest BCUT2D eigenvalue weighted by molar-refractivity contribution is 7.17. The SMILES string of the molecule is CCOc1cc(C(=O)NN=Cc2sc(Nc3ccccc3)nc2Cl)cc(OCC)c1OCC. The second-order valence-electron chi connectivity index (χ2n) is 6.46. The Hall–Kier alpha value is -3.30. The van der Waals surface area contributed by atoms with Crippen LogP contribution in [0.25, 0.3) is 0 Å². The second-order valence-corrected chi connectivity index (χ2v) is 7.85. The molecule has 0 bridgehead atoms. The van der Waals surface area contributed by atoms with E-state index in [1.54, 1.807) is 12.1 Å². The maximum absolute atomic E-state index is 12.7. The molecule has 3 aromatic rings. The minimum absolute atomic E-state index is 0.287. The van der Waals surface area contributed by atoms with Crippen LogP contribution in [0.3, 0.4) is 0 Å². The number of carbonyl (C=O) groups is 1. The molecular formula is C23H25ClN4O4S. The summed E-state index contributed by atoms with van der Waals surface area (Å²) >= 11 is 7.53. The Morgan fingerprint density at radius 2 is 1.70 bits per heavy atom. The molecule has 0 saturated carbocycles. The Bertz CT molecular complexity index is 1080. The number of benzene rings is 2. The summed E-state index contributed by atoms with van der Waals surface area (Å²) < 4.78 is 17.0. The minimum atomic E-state index is -0.431. The van der Waals surface area contributed by atoms with Gasteiger partial charge in [0.05, 0.1) is 30.9 Å². The number of amides is 1. The molecule has 3 rings (SSSR count). The van der Waals surface area contributed by atoms with Crippen molar-refractivity contribution in [2.24, 2.45) is 5.10 Å². The Morgan fingerprint density at radius 3 is 2.30 bits per heavy atom. The van der Waals surface area contributed by atoms with E-state index in [2.05, 4.69) is 20.8 Å². The summed E-state index contributed by atoms with van der Waals surface area (Å²) in [5, 5.41) is 8.11. The van der Waals surface area contributed by atoms with Gasteiger partial charge in [-0.1, -0.05) is 41.1 Å². The molecule has 0 aliphatic rings. The van der Waals surface area contributed by atoms with Crippen LogP contribution in [-0.4, -0.2) is 36.9 Å². The molecule has 0 aliphatic carbocycles. The number of hydrazone groups is 1. The number of ether oxygens (including phenoxy) is 3. The van der Waals surface area contributed by atoms with Crippen LogP contribution >= 0.6 is 22.9 Å². The van der Waals surface area contributed by atoms with E-state index in [0.717, 1.165) is 5.69 Å². The summed E-state index contributed by atoms with van der Waals surface area (Å²) in [6.45, 7) is 6.84. The minimum Gasteiger partial charge on any atom is -0.490 e. The fourth-order valence-electron chi connectivity index (χ4n) is 2.83. The van der Waals surface area contributed by atoms with Gasteiger partial charge in [-0.05, 0) is 45.0 Å². The van der Waals surface area contributed by atoms with Gasteiger partial charge >= 0.3 is 0 Å². The topological polar surface area (TPSA) is 94.1 Å². The van der Waals surface area contributed by atoms with Crippen LogP contribution in [0.2, 0.25) is 5.15 Å². The number of carbonyl (C=O) groups excluding carboxylic acids is 1. The van der Waals surface area contributed by atoms with Gasteiger partial charge in [0.25, 0.3) is 5.91 Å². The molecule has 1 heterocycles. The number of halogens is 1. The molecule has 33 heavy (non-hydrogen) atoms. The molecule has 0 saturated heterocycles. The van der Waals surface area contributed by atoms with Gasteiger partial charge in [-0.15, -0.1) is 0 Å². The van der Waals surface area contributed by atoms with Crippen LogP contribution in [0.1, 0.15) is 36.0 Å². The largest absolute Gasteiger partial charge is 0.490 e. The van der Waals surface area contributed by atoms with Gasteiger partial charge in [-0.25, -0.2) is 10.4 Å². The van der Waals surface area contributed by atoms with Crippen molar-refractivity contribution in [3.05, 3.63) is 58.1 Å². The maximum atomic E-state index is 12.7. The van der Waals surface area contributed by atoms with Crippen molar-refractivity contribution in [2.45, 2.75) is 20.8 Å². The Balaban J connectivity index is 1.73. The molecular weight excluding hydrogens is 464 g/mol. The number of anilines is 2. The van der Waals surface area contributed by atoms with E-state index in [1.807, 2.05) is 51.1 Å². The highest BCUT2D eigenvalue weighted by atomic mass is 35.5. The number of para-hydroxylation sites is 1. The number of thiazole rings is 1. The predicted molar refractivity (Wildman–Crippen MR) is 132 cm³/mol. The molecule has 0 spiro atoms. The molecule has 0 aliphatic heterocycles. The fourth-order valence-corrected chi connectivity index (χ4v) is 3.87. The van der Waals surface area contributed by atoms with Crippen molar-refractivity contribution in [2.75, 3.05) is 25.1 Å². The van der Waals surface area contributed by atoms with E-state index in [4.69, 9.17) is 25.8 Å². The van der Waals surface area contributed by atoms with Gasteiger partial charge in [-0.2, -0.15) is 5.10 Å². The van der Waals surface area contributed by atoms with Crippen LogP contribution in [0.4, 0.5) is 10.8 Å². The lowest BCUT2D eigenvalue weighted by Gasteiger charge is -2.16. The van der Waals surface area contributed by atoms with Crippen LogP contribution in [0.5, 0.6) is 17.2 Å². The fraction of sp³-hybridized carbons (Fsp3) is 0.261. The smallest absolute Gasteiger partial charge is 0.271 e. The molecule has 10 heteroatoms. The van der Waals surface area contributed by atoms with Gasteiger partial charge < -0.3 is 19.5 Å². The first-order valence-corrected chi connectivity index (χ1v) is 11.6. The molecule has 0 unspecified atom stereocenters. The first-order chi connectivity index (χ1) is 16.0. The van der Waals surface area contributed by atoms with Crippen LogP contribution < -0.4 is 25.0 Å². The lowest BCUT2D eigenvalue weighted by Crippen LogP contribution is -2.18. The summed E-state index contributed by atoms with van der Waals surface area (Å²) in [5.41, 5.74) is 3.72. The summed E-state index contributed by atoms with van der Waals surface area (Å²) in [5.74, 6) is 0.902. The molecule has 2 N–H and O–H groups in total. The van der Waals surface area contributed by atoms with Gasteiger partial charge in [0.15, 0.2) is 21.8 Å². The van der Waals surface area contributed by atoms with Crippen molar-refractivity contribution in [1.82, 2.24) is 10.4 Å². The maximum Gasteiger partial charge on any atom is 0.271 e. The number of nitrogens with one attached hydrogen (secondary N) is 2. The molecule has 1 aromatic heterocycles. The molecule has 0 radical (unpaired) electrons. The van der Waals surface area contributed by atoms with Gasteiger partial charge in [0.1, 0.15) is 0 Å². The van der Waals surface area contributed by atoms with Gasteiger partial charge in [0, 0.05) is 11.3 Å². The first kappa shape index (κ1) is 24.3. The highest BCUT2D eigenvalue weighted by Crippen LogP contribution is 2.39. The molecule has 1 amide bonds. The molecule has 8 nitrogen and oxygen atoms in total. The lowest BCUT2D eigenvalue weighted by atomic mass is 10.1. The average Bonchev–Trinajstić information content (AvgIpc) is 3.15. The number of hydrogen-bond acceptors (Lipinski definition) is 8. The normalized spacial score (nSPS) is 10.8. The van der Waals surface area contributed by atoms with Crippen molar-refractivity contribution >= 4 is 45.9 Å². The van der Waals surface area contributed by atoms with Crippen molar-refractivity contribution in [3.63, 3.8) is 0 Å². The van der Waals surface area contributed by atoms with E-state index < -0.39 is 5.91 Å². The second kappa shape index (κ2) is 12.1. The van der Waals surface area contributed by atoms with E-state index in [1.165, 1.54) is 17.6 Å². The third-order valence-corrected chi connectivity index (χ3v) is 5.46.